The van der Waals surface area contributed by atoms with Gasteiger partial charge in [0, 0.05) is 6.54 Å². The average Bonchev–Trinajstić information content (AvgIpc) is 2.12. The van der Waals surface area contributed by atoms with Crippen LogP contribution in [0.25, 0.3) is 0 Å². The van der Waals surface area contributed by atoms with Crippen LogP contribution in [0.3, 0.4) is 0 Å². The molecule has 0 aromatic rings. The summed E-state index contributed by atoms with van der Waals surface area (Å²) in [6.45, 7) is 5.88. The highest BCUT2D eigenvalue weighted by Crippen LogP contribution is 2.35. The van der Waals surface area contributed by atoms with E-state index in [1.54, 1.807) is 20.8 Å². The van der Waals surface area contributed by atoms with Gasteiger partial charge in [-0.2, -0.15) is 0 Å². The summed E-state index contributed by atoms with van der Waals surface area (Å²) in [5.74, 6) is -5.12. The molecule has 0 radical (unpaired) electrons. The lowest BCUT2D eigenvalue weighted by atomic mass is 9.85. The Morgan fingerprint density at radius 3 is 2.39 bits per heavy atom. The normalized spacial score (nSPS) is 27.8. The molecule has 1 aliphatic heterocycles. The Labute approximate surface area is 105 Å². The lowest BCUT2D eigenvalue weighted by molar-refractivity contribution is -0.146. The maximum atomic E-state index is 13.7. The van der Waals surface area contributed by atoms with Crippen LogP contribution in [0.2, 0.25) is 0 Å². The van der Waals surface area contributed by atoms with Crippen molar-refractivity contribution in [2.24, 2.45) is 11.8 Å². The molecule has 1 amide bonds. The predicted molar refractivity (Wildman–Crippen MR) is 61.5 cm³/mol. The fraction of sp³-hybridized carbons (Fsp3) is 0.833. The van der Waals surface area contributed by atoms with Crippen LogP contribution >= 0.6 is 0 Å². The molecule has 6 heteroatoms. The zero-order valence-corrected chi connectivity index (χ0v) is 11.1. The standard InChI is InChI=1S/C12H19F2NO3/c1-8-5-15(10(17)18-11(2,3)4)7-12(13,14)9(8)6-16/h6,8-9H,5,7H2,1-4H3. The van der Waals surface area contributed by atoms with Gasteiger partial charge in [0.15, 0.2) is 0 Å². The number of carbonyl (C=O) groups is 2. The molecule has 18 heavy (non-hydrogen) atoms. The van der Waals surface area contributed by atoms with Gasteiger partial charge in [-0.05, 0) is 26.7 Å². The zero-order chi connectivity index (χ0) is 14.1. The van der Waals surface area contributed by atoms with Crippen molar-refractivity contribution in [3.8, 4) is 0 Å². The maximum Gasteiger partial charge on any atom is 0.410 e. The SMILES string of the molecule is CC1CN(C(=O)OC(C)(C)C)CC(F)(F)C1C=O. The number of hydrogen-bond donors (Lipinski definition) is 0. The number of rotatable bonds is 1. The fourth-order valence-electron chi connectivity index (χ4n) is 2.00. The average molecular weight is 263 g/mol. The number of ether oxygens (including phenoxy) is 1. The molecule has 0 bridgehead atoms. The van der Waals surface area contributed by atoms with E-state index >= 15 is 0 Å². The molecular formula is C12H19F2NO3. The molecule has 104 valence electrons. The van der Waals surface area contributed by atoms with E-state index in [0.717, 1.165) is 4.90 Å². The van der Waals surface area contributed by atoms with Gasteiger partial charge in [-0.1, -0.05) is 6.92 Å². The van der Waals surface area contributed by atoms with E-state index in [1.807, 2.05) is 0 Å². The van der Waals surface area contributed by atoms with Crippen LogP contribution in [-0.2, 0) is 9.53 Å². The highest BCUT2D eigenvalue weighted by atomic mass is 19.3. The molecule has 2 unspecified atom stereocenters. The Balaban J connectivity index is 2.77. The van der Waals surface area contributed by atoms with E-state index in [0.29, 0.717) is 0 Å². The third-order valence-corrected chi connectivity index (χ3v) is 2.81. The van der Waals surface area contributed by atoms with Crippen molar-refractivity contribution >= 4 is 12.4 Å². The van der Waals surface area contributed by atoms with E-state index < -0.39 is 36.0 Å². The second-order valence-corrected chi connectivity index (χ2v) is 5.76. The summed E-state index contributed by atoms with van der Waals surface area (Å²) >= 11 is 0. The second kappa shape index (κ2) is 4.82. The van der Waals surface area contributed by atoms with Gasteiger partial charge in [-0.3, -0.25) is 0 Å². The van der Waals surface area contributed by atoms with Crippen molar-refractivity contribution in [3.05, 3.63) is 0 Å². The molecule has 1 saturated heterocycles. The molecule has 0 N–H and O–H groups in total. The summed E-state index contributed by atoms with van der Waals surface area (Å²) < 4.78 is 32.4. The number of aldehydes is 1. The lowest BCUT2D eigenvalue weighted by Gasteiger charge is -2.40. The Hall–Kier alpha value is -1.20. The van der Waals surface area contributed by atoms with Crippen LogP contribution in [0, 0.1) is 11.8 Å². The molecule has 0 saturated carbocycles. The minimum atomic E-state index is -3.20. The third-order valence-electron chi connectivity index (χ3n) is 2.81. The van der Waals surface area contributed by atoms with E-state index in [1.165, 1.54) is 6.92 Å². The van der Waals surface area contributed by atoms with Crippen LogP contribution in [0.1, 0.15) is 27.7 Å². The fourth-order valence-corrected chi connectivity index (χ4v) is 2.00. The summed E-state index contributed by atoms with van der Waals surface area (Å²) in [5, 5.41) is 0. The van der Waals surface area contributed by atoms with Crippen LogP contribution in [-0.4, -0.2) is 41.9 Å². The number of halogens is 2. The molecule has 2 atom stereocenters. The molecule has 1 aliphatic rings. The molecule has 1 fully saturated rings. The first-order chi connectivity index (χ1) is 8.07. The monoisotopic (exact) mass is 263 g/mol. The summed E-state index contributed by atoms with van der Waals surface area (Å²) in [4.78, 5) is 23.4. The number of piperidine rings is 1. The van der Waals surface area contributed by atoms with Gasteiger partial charge < -0.3 is 14.4 Å². The van der Waals surface area contributed by atoms with Gasteiger partial charge in [-0.25, -0.2) is 13.6 Å². The maximum absolute atomic E-state index is 13.7. The topological polar surface area (TPSA) is 46.6 Å². The van der Waals surface area contributed by atoms with Crippen molar-refractivity contribution in [1.82, 2.24) is 4.90 Å². The number of nitrogens with zero attached hydrogens (tertiary/aromatic N) is 1. The second-order valence-electron chi connectivity index (χ2n) is 5.76. The lowest BCUT2D eigenvalue weighted by Crippen LogP contribution is -2.55. The predicted octanol–water partition coefficient (Wildman–Crippen LogP) is 2.32. The number of carbonyl (C=O) groups excluding carboxylic acids is 2. The number of amides is 1. The van der Waals surface area contributed by atoms with Gasteiger partial charge in [0.25, 0.3) is 5.92 Å². The highest BCUT2D eigenvalue weighted by molar-refractivity contribution is 5.69. The van der Waals surface area contributed by atoms with E-state index in [2.05, 4.69) is 0 Å². The number of alkyl halides is 2. The first-order valence-corrected chi connectivity index (χ1v) is 5.88. The molecule has 4 nitrogen and oxygen atoms in total. The van der Waals surface area contributed by atoms with Gasteiger partial charge in [-0.15, -0.1) is 0 Å². The minimum absolute atomic E-state index is 0.105. The van der Waals surface area contributed by atoms with E-state index in [9.17, 15) is 18.4 Å². The van der Waals surface area contributed by atoms with Crippen molar-refractivity contribution in [2.45, 2.75) is 39.2 Å². The van der Waals surface area contributed by atoms with Gasteiger partial charge in [0.1, 0.15) is 11.9 Å². The quantitative estimate of drug-likeness (QED) is 0.682. The first kappa shape index (κ1) is 14.9. The third kappa shape index (κ3) is 3.40. The van der Waals surface area contributed by atoms with E-state index in [4.69, 9.17) is 4.74 Å². The smallest absolute Gasteiger partial charge is 0.410 e. The summed E-state index contributed by atoms with van der Waals surface area (Å²) in [7, 11) is 0. The van der Waals surface area contributed by atoms with Crippen molar-refractivity contribution < 1.29 is 23.1 Å². The van der Waals surface area contributed by atoms with Crippen molar-refractivity contribution in [2.75, 3.05) is 13.1 Å². The molecule has 0 aromatic carbocycles. The van der Waals surface area contributed by atoms with Crippen LogP contribution < -0.4 is 0 Å². The number of hydrogen-bond acceptors (Lipinski definition) is 3. The minimum Gasteiger partial charge on any atom is -0.444 e. The Morgan fingerprint density at radius 1 is 1.44 bits per heavy atom. The van der Waals surface area contributed by atoms with Crippen LogP contribution in [0.15, 0.2) is 0 Å². The van der Waals surface area contributed by atoms with Crippen LogP contribution in [0.5, 0.6) is 0 Å². The Morgan fingerprint density at radius 2 is 2.00 bits per heavy atom. The molecular weight excluding hydrogens is 244 g/mol. The summed E-state index contributed by atoms with van der Waals surface area (Å²) in [5.41, 5.74) is -0.725. The zero-order valence-electron chi connectivity index (χ0n) is 11.1. The largest absolute Gasteiger partial charge is 0.444 e. The van der Waals surface area contributed by atoms with Crippen LogP contribution in [0.4, 0.5) is 13.6 Å². The van der Waals surface area contributed by atoms with Gasteiger partial charge in [0.2, 0.25) is 0 Å². The molecule has 1 heterocycles. The molecule has 1 rings (SSSR count). The Kier molecular flexibility index (Phi) is 3.98. The summed E-state index contributed by atoms with van der Waals surface area (Å²) in [6, 6.07) is 0. The van der Waals surface area contributed by atoms with Gasteiger partial charge in [0.05, 0.1) is 12.5 Å². The van der Waals surface area contributed by atoms with E-state index in [-0.39, 0.29) is 12.8 Å². The molecule has 0 aliphatic carbocycles. The van der Waals surface area contributed by atoms with Gasteiger partial charge >= 0.3 is 6.09 Å². The molecule has 0 spiro atoms. The first-order valence-electron chi connectivity index (χ1n) is 5.88. The Bertz CT molecular complexity index is 339. The number of likely N-dealkylation sites (tertiary alicyclic amines) is 1. The summed E-state index contributed by atoms with van der Waals surface area (Å²) in [6.07, 6.45) is -0.490. The van der Waals surface area contributed by atoms with Crippen molar-refractivity contribution in [3.63, 3.8) is 0 Å². The highest BCUT2D eigenvalue weighted by Gasteiger charge is 2.50. The molecule has 0 aromatic heterocycles. The van der Waals surface area contributed by atoms with Crippen molar-refractivity contribution in [1.29, 1.82) is 0 Å².